The quantitative estimate of drug-likeness (QED) is 0.279. The molecule has 0 aromatic heterocycles. The average Bonchev–Trinajstić information content (AvgIpc) is 2.61. The molecule has 2 aromatic carbocycles. The first-order chi connectivity index (χ1) is 13.4. The Balaban J connectivity index is 0.00000204. The number of carbonyl (C=O) groups is 1. The molecule has 160 valence electrons. The Hall–Kier alpha value is -2.10. The van der Waals surface area contributed by atoms with Crippen LogP contribution in [0.15, 0.2) is 29.2 Å². The molecule has 1 amide bonds. The van der Waals surface area contributed by atoms with Crippen molar-refractivity contribution in [3.05, 3.63) is 46.0 Å². The van der Waals surface area contributed by atoms with Gasteiger partial charge in [-0.25, -0.2) is 0 Å². The van der Waals surface area contributed by atoms with E-state index in [2.05, 4.69) is 5.32 Å². The van der Waals surface area contributed by atoms with Crippen LogP contribution in [-0.4, -0.2) is 28.7 Å². The molecule has 0 spiro atoms. The molecule has 0 fully saturated rings. The van der Waals surface area contributed by atoms with Gasteiger partial charge in [0.1, 0.15) is 5.75 Å². The number of nitrogens with two attached hydrogens (primary N) is 1. The molecule has 0 bridgehead atoms. The lowest BCUT2D eigenvalue weighted by molar-refractivity contribution is -0.0328. The van der Waals surface area contributed by atoms with Crippen LogP contribution in [0.4, 0.5) is 24.5 Å². The molecule has 0 aliphatic rings. The maximum atomic E-state index is 12.7. The summed E-state index contributed by atoms with van der Waals surface area (Å²) in [4.78, 5) is 12.6. The Morgan fingerprint density at radius 1 is 1.24 bits per heavy atom. The fourth-order valence-electron chi connectivity index (χ4n) is 2.51. The zero-order valence-electron chi connectivity index (χ0n) is 16.2. The van der Waals surface area contributed by atoms with E-state index in [9.17, 15) is 23.1 Å². The van der Waals surface area contributed by atoms with Gasteiger partial charge in [-0.05, 0) is 60.0 Å². The minimum atomic E-state index is -4.44. The van der Waals surface area contributed by atoms with Gasteiger partial charge in [0.15, 0.2) is 0 Å². The van der Waals surface area contributed by atoms with E-state index in [-0.39, 0.29) is 44.6 Å². The number of phenolic OH excluding ortho intramolecular Hbond substituents is 1. The highest BCUT2D eigenvalue weighted by Crippen LogP contribution is 2.40. The summed E-state index contributed by atoms with van der Waals surface area (Å²) in [7, 11) is 1.00. The van der Waals surface area contributed by atoms with Gasteiger partial charge in [0.2, 0.25) is 0 Å². The first-order valence-electron chi connectivity index (χ1n) is 8.34. The van der Waals surface area contributed by atoms with Crippen molar-refractivity contribution in [3.63, 3.8) is 0 Å². The molecule has 0 aliphatic carbocycles. The van der Waals surface area contributed by atoms with Crippen molar-refractivity contribution in [1.29, 1.82) is 0 Å². The number of hydrogen-bond donors (Lipinski definition) is 4. The number of aliphatic hydroxyl groups excluding tert-OH is 1. The Morgan fingerprint density at radius 3 is 2.31 bits per heavy atom. The summed E-state index contributed by atoms with van der Waals surface area (Å²) in [5.74, 6) is -0.909. The zero-order chi connectivity index (χ0) is 22.5. The molecule has 0 unspecified atom stereocenters. The highest BCUT2D eigenvalue weighted by Gasteiger charge is 2.29. The van der Waals surface area contributed by atoms with E-state index in [1.165, 1.54) is 12.1 Å². The summed E-state index contributed by atoms with van der Waals surface area (Å²) >= 11 is 5.70. The second-order valence-corrected chi connectivity index (χ2v) is 7.75. The Kier molecular flexibility index (Phi) is 8.67. The molecule has 5 N–H and O–H groups in total. The first kappa shape index (κ1) is 24.9. The van der Waals surface area contributed by atoms with Crippen LogP contribution < -0.4 is 11.1 Å². The van der Waals surface area contributed by atoms with Crippen LogP contribution >= 0.6 is 23.4 Å². The number of amides is 1. The fourth-order valence-corrected chi connectivity index (χ4v) is 3.38. The molecule has 29 heavy (non-hydrogen) atoms. The monoisotopic (exact) mass is 450 g/mol. The van der Waals surface area contributed by atoms with E-state index < -0.39 is 11.4 Å². The maximum absolute atomic E-state index is 12.7. The molecule has 10 heteroatoms. The van der Waals surface area contributed by atoms with E-state index in [4.69, 9.17) is 22.4 Å². The van der Waals surface area contributed by atoms with Crippen LogP contribution in [-0.2, 0) is 0 Å². The Bertz CT molecular complexity index is 890. The summed E-state index contributed by atoms with van der Waals surface area (Å²) < 4.78 is 37.3. The van der Waals surface area contributed by atoms with E-state index >= 15 is 0 Å². The Labute approximate surface area is 176 Å². The number of phenols is 1. The fraction of sp³-hybridized carbons (Fsp3) is 0.316. The normalized spacial score (nSPS) is 11.1. The topological polar surface area (TPSA) is 95.6 Å². The Morgan fingerprint density at radius 2 is 1.83 bits per heavy atom. The lowest BCUT2D eigenvalue weighted by Gasteiger charge is -2.17. The first-order valence-corrected chi connectivity index (χ1v) is 9.53. The molecule has 5 nitrogen and oxygen atoms in total. The number of carbonyl (C=O) groups excluding carboxylic acids is 1. The molecular formula is C19H22ClF3N2O3S. The highest BCUT2D eigenvalue weighted by atomic mass is 35.5. The van der Waals surface area contributed by atoms with Crippen molar-refractivity contribution < 1.29 is 28.2 Å². The van der Waals surface area contributed by atoms with Gasteiger partial charge in [-0.3, -0.25) is 4.79 Å². The second kappa shape index (κ2) is 10.1. The number of thioether (sulfide) groups is 1. The van der Waals surface area contributed by atoms with Gasteiger partial charge in [0.05, 0.1) is 16.3 Å². The molecule has 2 rings (SSSR count). The zero-order valence-corrected chi connectivity index (χ0v) is 17.8. The van der Waals surface area contributed by atoms with Crippen LogP contribution in [0.1, 0.15) is 41.3 Å². The molecule has 0 saturated heterocycles. The molecule has 0 heterocycles. The van der Waals surface area contributed by atoms with E-state index in [0.29, 0.717) is 16.8 Å². The third kappa shape index (κ3) is 6.45. The molecular weight excluding hydrogens is 429 g/mol. The maximum Gasteiger partial charge on any atom is 0.446 e. The standard InChI is InChI=1S/C18H18ClF3N2O2S.CH4O/c1-8(2)11-7-13(23)9(3)15(16(11)25)17(26)24-14-5-4-10(6-12(14)19)27-18(20,21)22;1-2/h4-8,25H,23H2,1-3H3,(H,24,26);2H,1H3. The van der Waals surface area contributed by atoms with Crippen molar-refractivity contribution >= 4 is 40.6 Å². The third-order valence-electron chi connectivity index (χ3n) is 3.90. The smallest absolute Gasteiger partial charge is 0.446 e. The average molecular weight is 451 g/mol. The summed E-state index contributed by atoms with van der Waals surface area (Å²) in [5, 5.41) is 19.9. The number of anilines is 2. The number of halogens is 4. The number of hydrogen-bond acceptors (Lipinski definition) is 5. The van der Waals surface area contributed by atoms with Crippen molar-refractivity contribution in [3.8, 4) is 5.75 Å². The highest BCUT2D eigenvalue weighted by molar-refractivity contribution is 8.00. The summed E-state index contributed by atoms with van der Waals surface area (Å²) in [6, 6.07) is 5.20. The molecule has 0 saturated carbocycles. The number of nitrogen functional groups attached to an aromatic ring is 1. The number of aliphatic hydroxyl groups is 1. The number of benzene rings is 2. The lowest BCUT2D eigenvalue weighted by Crippen LogP contribution is -2.16. The molecule has 0 atom stereocenters. The van der Waals surface area contributed by atoms with Gasteiger partial charge in [-0.15, -0.1) is 0 Å². The summed E-state index contributed by atoms with van der Waals surface area (Å²) in [6.07, 6.45) is 0. The van der Waals surface area contributed by atoms with E-state index in [1.807, 2.05) is 13.8 Å². The van der Waals surface area contributed by atoms with Gasteiger partial charge in [0, 0.05) is 17.7 Å². The molecule has 2 aromatic rings. The van der Waals surface area contributed by atoms with Crippen LogP contribution in [0.2, 0.25) is 5.02 Å². The predicted molar refractivity (Wildman–Crippen MR) is 111 cm³/mol. The van der Waals surface area contributed by atoms with Gasteiger partial charge in [0.25, 0.3) is 5.91 Å². The largest absolute Gasteiger partial charge is 0.507 e. The van der Waals surface area contributed by atoms with E-state index in [1.54, 1.807) is 13.0 Å². The van der Waals surface area contributed by atoms with Gasteiger partial charge >= 0.3 is 5.51 Å². The third-order valence-corrected chi connectivity index (χ3v) is 4.93. The number of rotatable bonds is 4. The van der Waals surface area contributed by atoms with Crippen LogP contribution in [0.3, 0.4) is 0 Å². The van der Waals surface area contributed by atoms with Crippen LogP contribution in [0, 0.1) is 6.92 Å². The van der Waals surface area contributed by atoms with E-state index in [0.717, 1.165) is 13.2 Å². The molecule has 0 radical (unpaired) electrons. The number of alkyl halides is 3. The van der Waals surface area contributed by atoms with Gasteiger partial charge in [-0.2, -0.15) is 13.2 Å². The minimum Gasteiger partial charge on any atom is -0.507 e. The summed E-state index contributed by atoms with van der Waals surface area (Å²) in [6.45, 7) is 5.29. The molecule has 0 aliphatic heterocycles. The minimum absolute atomic E-state index is 0.00325. The SMILES string of the molecule is CO.Cc1c(N)cc(C(C)C)c(O)c1C(=O)Nc1ccc(SC(F)(F)F)cc1Cl. The summed E-state index contributed by atoms with van der Waals surface area (Å²) in [5.41, 5.74) is 2.90. The van der Waals surface area contributed by atoms with Gasteiger partial charge < -0.3 is 21.3 Å². The van der Waals surface area contributed by atoms with Crippen LogP contribution in [0.25, 0.3) is 0 Å². The van der Waals surface area contributed by atoms with Gasteiger partial charge in [-0.1, -0.05) is 25.4 Å². The second-order valence-electron chi connectivity index (χ2n) is 6.20. The van der Waals surface area contributed by atoms with Crippen LogP contribution in [0.5, 0.6) is 5.75 Å². The predicted octanol–water partition coefficient (Wildman–Crippen LogP) is 5.53. The lowest BCUT2D eigenvalue weighted by atomic mass is 9.94. The van der Waals surface area contributed by atoms with Crippen molar-refractivity contribution in [1.82, 2.24) is 0 Å². The van der Waals surface area contributed by atoms with Crippen molar-refractivity contribution in [2.24, 2.45) is 0 Å². The van der Waals surface area contributed by atoms with Crippen molar-refractivity contribution in [2.45, 2.75) is 37.1 Å². The number of aromatic hydroxyl groups is 1. The van der Waals surface area contributed by atoms with Crippen molar-refractivity contribution in [2.75, 3.05) is 18.2 Å². The number of nitrogens with one attached hydrogen (secondary N) is 1.